The van der Waals surface area contributed by atoms with E-state index < -0.39 is 0 Å². The number of thioether (sulfide) groups is 1. The minimum Gasteiger partial charge on any atom is -0.325 e. The van der Waals surface area contributed by atoms with E-state index in [2.05, 4.69) is 46.3 Å². The summed E-state index contributed by atoms with van der Waals surface area (Å²) in [7, 11) is 2.11. The molecule has 2 heterocycles. The third-order valence-electron chi connectivity index (χ3n) is 6.37. The maximum Gasteiger partial charge on any atom is 0.367 e. The number of fused-ring (bicyclic) bond motifs is 1. The minimum absolute atomic E-state index is 0.0698. The Morgan fingerprint density at radius 3 is 2.41 bits per heavy atom. The van der Waals surface area contributed by atoms with Gasteiger partial charge in [-0.05, 0) is 64.6 Å². The monoisotopic (exact) mass is 455 g/mol. The number of carbonyl (C=O) groups is 1. The molecule has 1 N–H and O–H groups in total. The zero-order valence-corrected chi connectivity index (χ0v) is 20.3. The van der Waals surface area contributed by atoms with Crippen LogP contribution in [0.3, 0.4) is 0 Å². The molecule has 8 heteroatoms. The normalized spacial score (nSPS) is 16.7. The Hall–Kier alpha value is -2.32. The number of amides is 1. The Bertz CT molecular complexity index is 1050. The first-order valence-corrected chi connectivity index (χ1v) is 12.4. The fourth-order valence-corrected chi connectivity index (χ4v) is 5.64. The Kier molecular flexibility index (Phi) is 6.90. The lowest BCUT2D eigenvalue weighted by molar-refractivity contribution is -0.113. The number of likely N-dealkylation sites (N-methyl/N-ethyl adjacent to an activating group) is 1. The average Bonchev–Trinajstić information content (AvgIpc) is 2.75. The number of piperazine rings is 1. The Balaban J connectivity index is 1.53. The fourth-order valence-electron chi connectivity index (χ4n) is 4.76. The number of carbonyl (C=O) groups excluding carboxylic acids is 1. The molecule has 0 bridgehead atoms. The topological polar surface area (TPSA) is 70.5 Å². The van der Waals surface area contributed by atoms with Crippen molar-refractivity contribution < 1.29 is 4.79 Å². The number of nitrogens with one attached hydrogen (secondary N) is 1. The van der Waals surface area contributed by atoms with Gasteiger partial charge in [-0.25, -0.2) is 9.47 Å². The summed E-state index contributed by atoms with van der Waals surface area (Å²) in [6.45, 7) is 9.62. The molecule has 1 fully saturated rings. The van der Waals surface area contributed by atoms with Crippen molar-refractivity contribution in [1.29, 1.82) is 0 Å². The summed E-state index contributed by atoms with van der Waals surface area (Å²) in [6.07, 6.45) is 3.98. The van der Waals surface area contributed by atoms with Gasteiger partial charge in [0.2, 0.25) is 5.91 Å². The van der Waals surface area contributed by atoms with Gasteiger partial charge in [-0.1, -0.05) is 29.5 Å². The highest BCUT2D eigenvalue weighted by molar-refractivity contribution is 8.00. The summed E-state index contributed by atoms with van der Waals surface area (Å²) >= 11 is 1.38. The first-order chi connectivity index (χ1) is 15.3. The minimum atomic E-state index is -0.219. The summed E-state index contributed by atoms with van der Waals surface area (Å²) in [5.41, 5.74) is 6.20. The van der Waals surface area contributed by atoms with Crippen molar-refractivity contribution in [1.82, 2.24) is 14.6 Å². The van der Waals surface area contributed by atoms with Gasteiger partial charge in [0.25, 0.3) is 0 Å². The van der Waals surface area contributed by atoms with Crippen LogP contribution >= 0.6 is 11.8 Å². The SMILES string of the molecule is Cc1cc(C)c(NC(=O)CSc2nc(=O)n(N3CCN(C)CC3)c3c2CCCC3)c(C)c1. The number of hydrogen-bond donors (Lipinski definition) is 1. The number of rotatable bonds is 5. The van der Waals surface area contributed by atoms with Crippen LogP contribution < -0.4 is 16.0 Å². The number of aryl methyl sites for hydroxylation is 3. The summed E-state index contributed by atoms with van der Waals surface area (Å²) in [6, 6.07) is 4.15. The van der Waals surface area contributed by atoms with Gasteiger partial charge in [0.05, 0.1) is 11.4 Å². The van der Waals surface area contributed by atoms with Crippen molar-refractivity contribution in [3.8, 4) is 0 Å². The van der Waals surface area contributed by atoms with Crippen LogP contribution in [0.4, 0.5) is 5.69 Å². The van der Waals surface area contributed by atoms with Crippen LogP contribution in [0.1, 0.15) is 40.8 Å². The van der Waals surface area contributed by atoms with Crippen molar-refractivity contribution in [2.24, 2.45) is 0 Å². The van der Waals surface area contributed by atoms with Crippen molar-refractivity contribution in [3.05, 3.63) is 50.6 Å². The summed E-state index contributed by atoms with van der Waals surface area (Å²) < 4.78 is 1.82. The lowest BCUT2D eigenvalue weighted by atomic mass is 9.97. The zero-order valence-electron chi connectivity index (χ0n) is 19.5. The Labute approximate surface area is 194 Å². The van der Waals surface area contributed by atoms with E-state index in [1.54, 1.807) is 0 Å². The maximum atomic E-state index is 13.0. The molecule has 1 aliphatic heterocycles. The van der Waals surface area contributed by atoms with Gasteiger partial charge >= 0.3 is 5.69 Å². The molecule has 4 rings (SSSR count). The van der Waals surface area contributed by atoms with E-state index in [1.807, 2.05) is 18.5 Å². The molecule has 0 radical (unpaired) electrons. The average molecular weight is 456 g/mol. The summed E-state index contributed by atoms with van der Waals surface area (Å²) in [5.74, 6) is 0.170. The summed E-state index contributed by atoms with van der Waals surface area (Å²) in [5, 5.41) is 5.92. The van der Waals surface area contributed by atoms with E-state index in [-0.39, 0.29) is 17.3 Å². The van der Waals surface area contributed by atoms with Crippen molar-refractivity contribution >= 4 is 23.4 Å². The second-order valence-electron chi connectivity index (χ2n) is 9.01. The van der Waals surface area contributed by atoms with E-state index in [4.69, 9.17) is 0 Å². The first-order valence-electron chi connectivity index (χ1n) is 11.4. The lowest BCUT2D eigenvalue weighted by Gasteiger charge is -2.37. The molecule has 2 aliphatic rings. The van der Waals surface area contributed by atoms with E-state index in [0.717, 1.165) is 85.0 Å². The molecule has 0 unspecified atom stereocenters. The van der Waals surface area contributed by atoms with Crippen LogP contribution in [0.5, 0.6) is 0 Å². The van der Waals surface area contributed by atoms with Gasteiger partial charge in [0, 0.05) is 37.4 Å². The standard InChI is InChI=1S/C24H33N5O2S/c1-16-13-17(2)22(18(3)14-16)25-21(30)15-32-23-19-7-5-6-8-20(19)29(24(31)26-23)28-11-9-27(4)10-12-28/h13-14H,5-12,15H2,1-4H3,(H,25,30). The van der Waals surface area contributed by atoms with Crippen LogP contribution in [0.2, 0.25) is 0 Å². The number of aromatic nitrogens is 2. The third kappa shape index (κ3) is 4.86. The molecular weight excluding hydrogens is 422 g/mol. The largest absolute Gasteiger partial charge is 0.367 e. The van der Waals surface area contributed by atoms with Gasteiger partial charge < -0.3 is 15.2 Å². The van der Waals surface area contributed by atoms with Gasteiger partial charge in [0.15, 0.2) is 0 Å². The van der Waals surface area contributed by atoms with Crippen molar-refractivity contribution in [3.63, 3.8) is 0 Å². The van der Waals surface area contributed by atoms with Gasteiger partial charge in [-0.3, -0.25) is 4.79 Å². The van der Waals surface area contributed by atoms with Gasteiger partial charge in [-0.15, -0.1) is 0 Å². The van der Waals surface area contributed by atoms with E-state index in [1.165, 1.54) is 17.3 Å². The van der Waals surface area contributed by atoms with Gasteiger partial charge in [-0.2, -0.15) is 4.98 Å². The quantitative estimate of drug-likeness (QED) is 0.552. The number of benzene rings is 1. The third-order valence-corrected chi connectivity index (χ3v) is 7.39. The second-order valence-corrected chi connectivity index (χ2v) is 9.98. The Morgan fingerprint density at radius 1 is 1.06 bits per heavy atom. The van der Waals surface area contributed by atoms with Crippen molar-refractivity contribution in [2.75, 3.05) is 49.3 Å². The van der Waals surface area contributed by atoms with E-state index in [0.29, 0.717) is 0 Å². The molecule has 172 valence electrons. The molecule has 0 spiro atoms. The lowest BCUT2D eigenvalue weighted by Crippen LogP contribution is -2.54. The molecule has 7 nitrogen and oxygen atoms in total. The highest BCUT2D eigenvalue weighted by atomic mass is 32.2. The van der Waals surface area contributed by atoms with E-state index >= 15 is 0 Å². The smallest absolute Gasteiger partial charge is 0.325 e. The predicted octanol–water partition coefficient (Wildman–Crippen LogP) is 2.66. The molecule has 1 aromatic carbocycles. The van der Waals surface area contributed by atoms with Crippen LogP contribution in [0.25, 0.3) is 0 Å². The number of anilines is 1. The molecular formula is C24H33N5O2S. The van der Waals surface area contributed by atoms with Crippen LogP contribution in [0, 0.1) is 20.8 Å². The maximum absolute atomic E-state index is 13.0. The summed E-state index contributed by atoms with van der Waals surface area (Å²) in [4.78, 5) is 32.5. The molecule has 1 aliphatic carbocycles. The second kappa shape index (κ2) is 9.67. The Morgan fingerprint density at radius 2 is 1.72 bits per heavy atom. The zero-order chi connectivity index (χ0) is 22.8. The fraction of sp³-hybridized carbons (Fsp3) is 0.542. The predicted molar refractivity (Wildman–Crippen MR) is 131 cm³/mol. The highest BCUT2D eigenvalue weighted by Crippen LogP contribution is 2.29. The molecule has 1 aromatic heterocycles. The molecule has 32 heavy (non-hydrogen) atoms. The van der Waals surface area contributed by atoms with Crippen LogP contribution in [-0.2, 0) is 17.6 Å². The molecule has 0 saturated carbocycles. The molecule has 2 aromatic rings. The molecule has 1 amide bonds. The highest BCUT2D eigenvalue weighted by Gasteiger charge is 2.25. The number of hydrogen-bond acceptors (Lipinski definition) is 6. The molecule has 1 saturated heterocycles. The van der Waals surface area contributed by atoms with Gasteiger partial charge in [0.1, 0.15) is 5.03 Å². The number of nitrogens with zero attached hydrogens (tertiary/aromatic N) is 4. The first kappa shape index (κ1) is 22.9. The van der Waals surface area contributed by atoms with E-state index in [9.17, 15) is 9.59 Å². The van der Waals surface area contributed by atoms with Crippen LogP contribution in [-0.4, -0.2) is 59.4 Å². The van der Waals surface area contributed by atoms with Crippen molar-refractivity contribution in [2.45, 2.75) is 51.5 Å². The molecule has 0 atom stereocenters. The van der Waals surface area contributed by atoms with Crippen LogP contribution in [0.15, 0.2) is 22.0 Å².